The second kappa shape index (κ2) is 3.79. The van der Waals surface area contributed by atoms with Crippen molar-refractivity contribution in [2.24, 2.45) is 0 Å². The third-order valence-corrected chi connectivity index (χ3v) is 2.18. The molecule has 0 amide bonds. The van der Waals surface area contributed by atoms with Crippen LogP contribution in [0.5, 0.6) is 5.75 Å². The molecule has 1 N–H and O–H groups in total. The van der Waals surface area contributed by atoms with Gasteiger partial charge in [0.25, 0.3) is 0 Å². The molecule has 0 bridgehead atoms. The van der Waals surface area contributed by atoms with Gasteiger partial charge in [-0.25, -0.2) is 0 Å². The standard InChI is InChI=1S/C11H17NO/c1-8-5-10(7-12(3)4)11(13)6-9(8)2/h5-6,13H,7H2,1-4H3. The van der Waals surface area contributed by atoms with E-state index in [0.717, 1.165) is 17.7 Å². The number of benzene rings is 1. The van der Waals surface area contributed by atoms with Gasteiger partial charge in [0.15, 0.2) is 0 Å². The summed E-state index contributed by atoms with van der Waals surface area (Å²) in [5, 5.41) is 9.64. The molecular formula is C11H17NO. The number of hydrogen-bond donors (Lipinski definition) is 1. The van der Waals surface area contributed by atoms with Crippen molar-refractivity contribution in [3.8, 4) is 5.75 Å². The fourth-order valence-electron chi connectivity index (χ4n) is 1.33. The van der Waals surface area contributed by atoms with Crippen LogP contribution in [0.1, 0.15) is 16.7 Å². The predicted octanol–water partition coefficient (Wildman–Crippen LogP) is 2.07. The van der Waals surface area contributed by atoms with Crippen LogP contribution in [0.15, 0.2) is 12.1 Å². The lowest BCUT2D eigenvalue weighted by Gasteiger charge is -2.13. The minimum atomic E-state index is 0.400. The van der Waals surface area contributed by atoms with Crippen LogP contribution in [0, 0.1) is 13.8 Å². The van der Waals surface area contributed by atoms with Gasteiger partial charge in [0.05, 0.1) is 0 Å². The molecule has 2 nitrogen and oxygen atoms in total. The third kappa shape index (κ3) is 2.46. The highest BCUT2D eigenvalue weighted by Gasteiger charge is 2.04. The monoisotopic (exact) mass is 179 g/mol. The van der Waals surface area contributed by atoms with Gasteiger partial charge in [-0.15, -0.1) is 0 Å². The quantitative estimate of drug-likeness (QED) is 0.751. The molecule has 0 aromatic heterocycles. The van der Waals surface area contributed by atoms with Crippen molar-refractivity contribution in [1.82, 2.24) is 4.90 Å². The molecule has 1 aromatic rings. The molecule has 0 heterocycles. The van der Waals surface area contributed by atoms with Gasteiger partial charge < -0.3 is 10.0 Å². The lowest BCUT2D eigenvalue weighted by Crippen LogP contribution is -2.11. The molecule has 13 heavy (non-hydrogen) atoms. The van der Waals surface area contributed by atoms with Gasteiger partial charge in [0.1, 0.15) is 5.75 Å². The first-order chi connectivity index (χ1) is 6.00. The van der Waals surface area contributed by atoms with Crippen LogP contribution in [0.3, 0.4) is 0 Å². The average Bonchev–Trinajstić information content (AvgIpc) is 1.99. The van der Waals surface area contributed by atoms with Crippen LogP contribution in [0.2, 0.25) is 0 Å². The SMILES string of the molecule is Cc1cc(O)c(CN(C)C)cc1C. The fourth-order valence-corrected chi connectivity index (χ4v) is 1.33. The van der Waals surface area contributed by atoms with E-state index in [0.29, 0.717) is 5.75 Å². The van der Waals surface area contributed by atoms with E-state index in [1.165, 1.54) is 5.56 Å². The Hall–Kier alpha value is -1.02. The van der Waals surface area contributed by atoms with Crippen LogP contribution in [0.25, 0.3) is 0 Å². The molecule has 0 aliphatic rings. The lowest BCUT2D eigenvalue weighted by molar-refractivity contribution is 0.385. The van der Waals surface area contributed by atoms with Gasteiger partial charge in [0, 0.05) is 12.1 Å². The highest BCUT2D eigenvalue weighted by Crippen LogP contribution is 2.22. The smallest absolute Gasteiger partial charge is 0.120 e. The van der Waals surface area contributed by atoms with E-state index in [1.54, 1.807) is 0 Å². The fraction of sp³-hybridized carbons (Fsp3) is 0.455. The molecule has 72 valence electrons. The Kier molecular flexibility index (Phi) is 2.94. The number of phenolic OH excluding ortho intramolecular Hbond substituents is 1. The van der Waals surface area contributed by atoms with Gasteiger partial charge in [-0.3, -0.25) is 0 Å². The van der Waals surface area contributed by atoms with Crippen LogP contribution in [-0.2, 0) is 6.54 Å². The summed E-state index contributed by atoms with van der Waals surface area (Å²) in [4.78, 5) is 2.05. The normalized spacial score (nSPS) is 10.8. The summed E-state index contributed by atoms with van der Waals surface area (Å²) in [5.41, 5.74) is 3.36. The van der Waals surface area contributed by atoms with Crippen molar-refractivity contribution in [1.29, 1.82) is 0 Å². The van der Waals surface area contributed by atoms with Gasteiger partial charge in [-0.05, 0) is 45.1 Å². The van der Waals surface area contributed by atoms with Crippen molar-refractivity contribution >= 4 is 0 Å². The molecule has 0 atom stereocenters. The summed E-state index contributed by atoms with van der Waals surface area (Å²) in [6.45, 7) is 4.86. The minimum absolute atomic E-state index is 0.400. The summed E-state index contributed by atoms with van der Waals surface area (Å²) in [7, 11) is 3.99. The first-order valence-corrected chi connectivity index (χ1v) is 4.44. The predicted molar refractivity (Wildman–Crippen MR) is 55.0 cm³/mol. The number of nitrogens with zero attached hydrogens (tertiary/aromatic N) is 1. The van der Waals surface area contributed by atoms with Crippen LogP contribution in [-0.4, -0.2) is 24.1 Å². The topological polar surface area (TPSA) is 23.5 Å². The zero-order valence-corrected chi connectivity index (χ0v) is 8.76. The van der Waals surface area contributed by atoms with Gasteiger partial charge in [-0.1, -0.05) is 6.07 Å². The molecule has 0 aliphatic carbocycles. The molecule has 0 unspecified atom stereocenters. The Bertz CT molecular complexity index is 305. The second-order valence-corrected chi connectivity index (χ2v) is 3.80. The zero-order valence-electron chi connectivity index (χ0n) is 8.76. The molecule has 0 aliphatic heterocycles. The summed E-state index contributed by atoms with van der Waals surface area (Å²) in [6, 6.07) is 3.87. The van der Waals surface area contributed by atoms with E-state index in [1.807, 2.05) is 38.1 Å². The van der Waals surface area contributed by atoms with E-state index >= 15 is 0 Å². The van der Waals surface area contributed by atoms with E-state index in [2.05, 4.69) is 6.92 Å². The van der Waals surface area contributed by atoms with Crippen molar-refractivity contribution < 1.29 is 5.11 Å². The van der Waals surface area contributed by atoms with Crippen LogP contribution >= 0.6 is 0 Å². The molecule has 1 rings (SSSR count). The number of aromatic hydroxyl groups is 1. The molecule has 2 heteroatoms. The second-order valence-electron chi connectivity index (χ2n) is 3.80. The number of phenols is 1. The summed E-state index contributed by atoms with van der Waals surface area (Å²) in [6.07, 6.45) is 0. The molecule has 0 fully saturated rings. The molecular weight excluding hydrogens is 162 g/mol. The summed E-state index contributed by atoms with van der Waals surface area (Å²) >= 11 is 0. The van der Waals surface area contributed by atoms with Crippen molar-refractivity contribution in [2.75, 3.05) is 14.1 Å². The van der Waals surface area contributed by atoms with Crippen LogP contribution < -0.4 is 0 Å². The first kappa shape index (κ1) is 10.1. The van der Waals surface area contributed by atoms with E-state index < -0.39 is 0 Å². The Morgan fingerprint density at radius 3 is 2.23 bits per heavy atom. The highest BCUT2D eigenvalue weighted by molar-refractivity contribution is 5.40. The molecule has 1 aromatic carbocycles. The van der Waals surface area contributed by atoms with Gasteiger partial charge in [0.2, 0.25) is 0 Å². The largest absolute Gasteiger partial charge is 0.508 e. The van der Waals surface area contributed by atoms with Crippen LogP contribution in [0.4, 0.5) is 0 Å². The third-order valence-electron chi connectivity index (χ3n) is 2.18. The maximum atomic E-state index is 9.64. The Labute approximate surface area is 79.8 Å². The van der Waals surface area contributed by atoms with Gasteiger partial charge >= 0.3 is 0 Å². The highest BCUT2D eigenvalue weighted by atomic mass is 16.3. The van der Waals surface area contributed by atoms with Gasteiger partial charge in [-0.2, -0.15) is 0 Å². The molecule has 0 radical (unpaired) electrons. The summed E-state index contributed by atoms with van der Waals surface area (Å²) < 4.78 is 0. The van der Waals surface area contributed by atoms with E-state index in [-0.39, 0.29) is 0 Å². The summed E-state index contributed by atoms with van der Waals surface area (Å²) in [5.74, 6) is 0.400. The number of rotatable bonds is 2. The Morgan fingerprint density at radius 1 is 1.15 bits per heavy atom. The van der Waals surface area contributed by atoms with E-state index in [4.69, 9.17) is 0 Å². The average molecular weight is 179 g/mol. The maximum Gasteiger partial charge on any atom is 0.120 e. The zero-order chi connectivity index (χ0) is 10.0. The van der Waals surface area contributed by atoms with Crippen molar-refractivity contribution in [3.05, 3.63) is 28.8 Å². The minimum Gasteiger partial charge on any atom is -0.508 e. The Balaban J connectivity index is 3.01. The number of aryl methyl sites for hydroxylation is 2. The first-order valence-electron chi connectivity index (χ1n) is 4.44. The van der Waals surface area contributed by atoms with E-state index in [9.17, 15) is 5.11 Å². The maximum absolute atomic E-state index is 9.64. The van der Waals surface area contributed by atoms with Crippen molar-refractivity contribution in [3.63, 3.8) is 0 Å². The molecule has 0 saturated heterocycles. The molecule has 0 spiro atoms. The lowest BCUT2D eigenvalue weighted by atomic mass is 10.0. The Morgan fingerprint density at radius 2 is 1.69 bits per heavy atom. The molecule has 0 saturated carbocycles. The van der Waals surface area contributed by atoms with Crippen molar-refractivity contribution in [2.45, 2.75) is 20.4 Å². The number of hydrogen-bond acceptors (Lipinski definition) is 2.